The third-order valence-electron chi connectivity index (χ3n) is 4.99. The van der Waals surface area contributed by atoms with Crippen LogP contribution < -0.4 is 5.32 Å². The summed E-state index contributed by atoms with van der Waals surface area (Å²) in [5, 5.41) is 3.88. The van der Waals surface area contributed by atoms with E-state index in [1.165, 1.54) is 31.2 Å². The Bertz CT molecular complexity index is 490. The highest BCUT2D eigenvalue weighted by molar-refractivity contribution is 6.30. The first-order valence-corrected chi connectivity index (χ1v) is 8.76. The zero-order valence-electron chi connectivity index (χ0n) is 12.9. The molecule has 2 aliphatic rings. The zero-order chi connectivity index (χ0) is 15.4. The Balaban J connectivity index is 1.65. The van der Waals surface area contributed by atoms with Gasteiger partial charge in [-0.15, -0.1) is 0 Å². The van der Waals surface area contributed by atoms with Crippen LogP contribution in [0.3, 0.4) is 0 Å². The van der Waals surface area contributed by atoms with Crippen molar-refractivity contribution < 1.29 is 9.53 Å². The number of benzene rings is 1. The van der Waals surface area contributed by atoms with Crippen molar-refractivity contribution >= 4 is 17.5 Å². The Morgan fingerprint density at radius 3 is 2.55 bits per heavy atom. The molecule has 0 aromatic heterocycles. The van der Waals surface area contributed by atoms with Crippen LogP contribution in [0.4, 0.5) is 0 Å². The van der Waals surface area contributed by atoms with Crippen LogP contribution in [-0.4, -0.2) is 25.2 Å². The van der Waals surface area contributed by atoms with Gasteiger partial charge in [0.1, 0.15) is 6.10 Å². The van der Waals surface area contributed by atoms with Gasteiger partial charge >= 0.3 is 0 Å². The predicted molar refractivity (Wildman–Crippen MR) is 88.1 cm³/mol. The van der Waals surface area contributed by atoms with Crippen molar-refractivity contribution in [1.29, 1.82) is 0 Å². The van der Waals surface area contributed by atoms with E-state index in [9.17, 15) is 4.79 Å². The Labute approximate surface area is 137 Å². The lowest BCUT2D eigenvalue weighted by Crippen LogP contribution is -2.37. The molecule has 4 heteroatoms. The summed E-state index contributed by atoms with van der Waals surface area (Å²) in [6.45, 7) is 1.41. The zero-order valence-corrected chi connectivity index (χ0v) is 13.6. The average molecular weight is 322 g/mol. The smallest absolute Gasteiger partial charge is 0.249 e. The van der Waals surface area contributed by atoms with Crippen molar-refractivity contribution in [1.82, 2.24) is 5.32 Å². The number of rotatable bonds is 5. The van der Waals surface area contributed by atoms with E-state index >= 15 is 0 Å². The van der Waals surface area contributed by atoms with E-state index in [-0.39, 0.29) is 12.0 Å². The number of nitrogens with one attached hydrogen (secondary N) is 1. The van der Waals surface area contributed by atoms with Gasteiger partial charge in [0.2, 0.25) is 5.91 Å². The molecule has 3 rings (SSSR count). The maximum atomic E-state index is 12.2. The fourth-order valence-electron chi connectivity index (χ4n) is 3.74. The summed E-state index contributed by atoms with van der Waals surface area (Å²) in [6.07, 6.45) is 6.70. The predicted octanol–water partition coefficient (Wildman–Crippen LogP) is 3.91. The van der Waals surface area contributed by atoms with Crippen LogP contribution in [0.1, 0.15) is 50.0 Å². The molecule has 3 nitrogen and oxygen atoms in total. The molecule has 0 radical (unpaired) electrons. The number of ether oxygens (including phenoxy) is 1. The molecule has 1 N–H and O–H groups in total. The van der Waals surface area contributed by atoms with Crippen LogP contribution in [-0.2, 0) is 9.53 Å². The molecule has 1 saturated carbocycles. The molecule has 1 aromatic rings. The summed E-state index contributed by atoms with van der Waals surface area (Å²) in [6, 6.07) is 8.09. The van der Waals surface area contributed by atoms with Gasteiger partial charge in [-0.1, -0.05) is 36.6 Å². The minimum absolute atomic E-state index is 0.0504. The van der Waals surface area contributed by atoms with E-state index < -0.39 is 0 Å². The highest BCUT2D eigenvalue weighted by Gasteiger charge is 2.29. The normalized spacial score (nSPS) is 23.6. The molecular formula is C18H24ClNO2. The van der Waals surface area contributed by atoms with Gasteiger partial charge in [0, 0.05) is 24.1 Å². The fraction of sp³-hybridized carbons (Fsp3) is 0.611. The van der Waals surface area contributed by atoms with Crippen LogP contribution in [0.2, 0.25) is 5.02 Å². The molecule has 1 amide bonds. The number of halogens is 1. The van der Waals surface area contributed by atoms with Crippen molar-refractivity contribution in [2.45, 2.75) is 50.5 Å². The van der Waals surface area contributed by atoms with Crippen LogP contribution in [0.25, 0.3) is 0 Å². The second kappa shape index (κ2) is 7.47. The fourth-order valence-corrected chi connectivity index (χ4v) is 3.86. The van der Waals surface area contributed by atoms with Gasteiger partial charge in [-0.2, -0.15) is 0 Å². The molecule has 2 fully saturated rings. The van der Waals surface area contributed by atoms with Gasteiger partial charge in [0.15, 0.2) is 0 Å². The van der Waals surface area contributed by atoms with E-state index in [1.54, 1.807) is 0 Å². The topological polar surface area (TPSA) is 38.3 Å². The number of hydrogen-bond donors (Lipinski definition) is 1. The van der Waals surface area contributed by atoms with E-state index in [2.05, 4.69) is 17.4 Å². The number of hydrogen-bond acceptors (Lipinski definition) is 2. The molecule has 1 aliphatic carbocycles. The highest BCUT2D eigenvalue weighted by atomic mass is 35.5. The molecule has 0 bridgehead atoms. The second-order valence-corrected chi connectivity index (χ2v) is 6.89. The summed E-state index contributed by atoms with van der Waals surface area (Å²) < 4.78 is 5.46. The minimum Gasteiger partial charge on any atom is -0.368 e. The maximum absolute atomic E-state index is 12.2. The summed E-state index contributed by atoms with van der Waals surface area (Å²) in [7, 11) is 0. The highest BCUT2D eigenvalue weighted by Crippen LogP contribution is 2.37. The maximum Gasteiger partial charge on any atom is 0.249 e. The van der Waals surface area contributed by atoms with Gasteiger partial charge in [0.25, 0.3) is 0 Å². The monoisotopic (exact) mass is 321 g/mol. The van der Waals surface area contributed by atoms with Crippen molar-refractivity contribution in [3.05, 3.63) is 34.9 Å². The van der Waals surface area contributed by atoms with Gasteiger partial charge < -0.3 is 10.1 Å². The Kier molecular flexibility index (Phi) is 5.37. The first-order valence-electron chi connectivity index (χ1n) is 8.39. The summed E-state index contributed by atoms with van der Waals surface area (Å²) in [5.41, 5.74) is 1.28. The van der Waals surface area contributed by atoms with E-state index in [0.717, 1.165) is 17.9 Å². The minimum atomic E-state index is -0.241. The Morgan fingerprint density at radius 2 is 1.91 bits per heavy atom. The molecular weight excluding hydrogens is 298 g/mol. The molecule has 1 heterocycles. The number of carbonyl (C=O) groups excluding carboxylic acids is 1. The Hall–Kier alpha value is -1.06. The second-order valence-electron chi connectivity index (χ2n) is 6.45. The van der Waals surface area contributed by atoms with Crippen molar-refractivity contribution in [3.63, 3.8) is 0 Å². The number of amides is 1. The SMILES string of the molecule is O=C(NCC(c1ccc(Cl)cc1)C1CCCC1)C1CCCO1. The van der Waals surface area contributed by atoms with E-state index in [1.807, 2.05) is 12.1 Å². The Morgan fingerprint density at radius 1 is 1.18 bits per heavy atom. The molecule has 2 unspecified atom stereocenters. The lowest BCUT2D eigenvalue weighted by Gasteiger charge is -2.25. The summed E-state index contributed by atoms with van der Waals surface area (Å²) in [5.74, 6) is 1.09. The number of carbonyl (C=O) groups is 1. The molecule has 0 spiro atoms. The molecule has 1 aromatic carbocycles. The third-order valence-corrected chi connectivity index (χ3v) is 5.24. The molecule has 22 heavy (non-hydrogen) atoms. The molecule has 1 aliphatic heterocycles. The molecule has 2 atom stereocenters. The molecule has 1 saturated heterocycles. The van der Waals surface area contributed by atoms with E-state index in [0.29, 0.717) is 25.0 Å². The van der Waals surface area contributed by atoms with Crippen LogP contribution in [0.5, 0.6) is 0 Å². The third kappa shape index (κ3) is 3.82. The van der Waals surface area contributed by atoms with Crippen LogP contribution >= 0.6 is 11.6 Å². The van der Waals surface area contributed by atoms with Crippen molar-refractivity contribution in [2.24, 2.45) is 5.92 Å². The first kappa shape index (κ1) is 15.8. The standard InChI is InChI=1S/C18H24ClNO2/c19-15-9-7-14(8-10-15)16(13-4-1-2-5-13)12-20-18(21)17-6-3-11-22-17/h7-10,13,16-17H,1-6,11-12H2,(H,20,21). The lowest BCUT2D eigenvalue weighted by molar-refractivity contribution is -0.130. The van der Waals surface area contributed by atoms with Gasteiger partial charge in [-0.3, -0.25) is 4.79 Å². The lowest BCUT2D eigenvalue weighted by atomic mass is 9.84. The average Bonchev–Trinajstić information content (AvgIpc) is 3.22. The van der Waals surface area contributed by atoms with E-state index in [4.69, 9.17) is 16.3 Å². The van der Waals surface area contributed by atoms with Crippen LogP contribution in [0, 0.1) is 5.92 Å². The summed E-state index contributed by atoms with van der Waals surface area (Å²) in [4.78, 5) is 12.2. The quantitative estimate of drug-likeness (QED) is 0.893. The van der Waals surface area contributed by atoms with Gasteiger partial charge in [0.05, 0.1) is 0 Å². The van der Waals surface area contributed by atoms with Crippen LogP contribution in [0.15, 0.2) is 24.3 Å². The van der Waals surface area contributed by atoms with Crippen molar-refractivity contribution in [3.8, 4) is 0 Å². The first-order chi connectivity index (χ1) is 10.7. The molecule has 120 valence electrons. The van der Waals surface area contributed by atoms with Gasteiger partial charge in [-0.05, 0) is 49.3 Å². The summed E-state index contributed by atoms with van der Waals surface area (Å²) >= 11 is 6.00. The van der Waals surface area contributed by atoms with Crippen molar-refractivity contribution in [2.75, 3.05) is 13.2 Å². The largest absolute Gasteiger partial charge is 0.368 e. The van der Waals surface area contributed by atoms with Gasteiger partial charge in [-0.25, -0.2) is 0 Å².